The first-order valence-electron chi connectivity index (χ1n) is 24.1. The fraction of sp³-hybridized carbons (Fsp3) is 0.407. The second kappa shape index (κ2) is 20.8. The van der Waals surface area contributed by atoms with Gasteiger partial charge in [-0.25, -0.2) is 4.68 Å². The van der Waals surface area contributed by atoms with Gasteiger partial charge in [0.2, 0.25) is 0 Å². The average Bonchev–Trinajstić information content (AvgIpc) is 4.21. The molecule has 4 aliphatic rings. The number of H-pyrrole nitrogens is 1. The van der Waals surface area contributed by atoms with E-state index in [1.54, 1.807) is 26.3 Å². The largest absolute Gasteiger partial charge is 0.502 e. The smallest absolute Gasteiger partial charge is 0.275 e. The number of nitro groups is 2. The number of hydrogen-bond donors (Lipinski definition) is 3. The monoisotopic (exact) mass is 952 g/mol. The third-order valence-electron chi connectivity index (χ3n) is 13.9. The Balaban J connectivity index is 0.000000170. The lowest BCUT2D eigenvalue weighted by atomic mass is 9.92. The van der Waals surface area contributed by atoms with E-state index in [9.17, 15) is 20.2 Å². The van der Waals surface area contributed by atoms with Crippen molar-refractivity contribution in [3.05, 3.63) is 150 Å². The molecule has 6 heterocycles. The zero-order chi connectivity index (χ0) is 49.7. The molecule has 3 atom stereocenters. The molecule has 0 amide bonds. The third-order valence-corrected chi connectivity index (χ3v) is 13.9. The Kier molecular flexibility index (Phi) is 14.6. The normalized spacial score (nSPS) is 19.7. The van der Waals surface area contributed by atoms with Gasteiger partial charge < -0.3 is 29.6 Å². The van der Waals surface area contributed by atoms with E-state index in [1.807, 2.05) is 107 Å². The van der Waals surface area contributed by atoms with Crippen LogP contribution < -0.4 is 20.1 Å². The number of nitrogens with one attached hydrogen (secondary N) is 3. The van der Waals surface area contributed by atoms with Gasteiger partial charge in [0.1, 0.15) is 28.9 Å². The summed E-state index contributed by atoms with van der Waals surface area (Å²) in [6, 6.07) is 20.3. The first-order valence-corrected chi connectivity index (χ1v) is 24.1. The molecule has 1 fully saturated rings. The molecule has 6 aromatic rings. The van der Waals surface area contributed by atoms with E-state index in [0.29, 0.717) is 48.2 Å². The van der Waals surface area contributed by atoms with Crippen LogP contribution in [-0.4, -0.2) is 67.3 Å². The molecule has 3 N–H and O–H groups in total. The van der Waals surface area contributed by atoms with Gasteiger partial charge in [-0.15, -0.1) is 0 Å². The standard InChI is InChI=1S/C27H32N4O4.C22H24N4O3.C5H8O/c1-17-18(2)26-22(19(3)25(17)31(32)33)15-27(4,35-26)16-28-21-10-8-20(9-11-21)23-12-13-30(29-23)24-7-5-6-14-34-24;1-13-14(2)21-18(15(3)20(13)26(27)28)11-22(4,29-21)12-23-17-7-5-16(6-8-17)19-9-10-24-25-19;1-2-4-6-5-3-1/h8-13,24,28H,5-7,14-16H2,1-4H3;5-10,23H,11-12H2,1-4H3,(H,24,25);2,4H,1,3,5H2. The fourth-order valence-corrected chi connectivity index (χ4v) is 9.69. The maximum absolute atomic E-state index is 11.6. The number of ether oxygens (including phenoxy) is 4. The van der Waals surface area contributed by atoms with E-state index in [2.05, 4.69) is 33.0 Å². The van der Waals surface area contributed by atoms with Crippen LogP contribution in [0.1, 0.15) is 96.7 Å². The van der Waals surface area contributed by atoms with Crippen LogP contribution in [0.4, 0.5) is 22.7 Å². The molecule has 0 aliphatic carbocycles. The van der Waals surface area contributed by atoms with Gasteiger partial charge in [-0.05, 0) is 136 Å². The minimum atomic E-state index is -0.489. The summed E-state index contributed by atoms with van der Waals surface area (Å²) in [5, 5.41) is 41.7. The van der Waals surface area contributed by atoms with Gasteiger partial charge in [0.15, 0.2) is 0 Å². The van der Waals surface area contributed by atoms with Crippen LogP contribution in [0.25, 0.3) is 22.5 Å². The summed E-state index contributed by atoms with van der Waals surface area (Å²) in [5.74, 6) is 1.59. The van der Waals surface area contributed by atoms with Gasteiger partial charge >= 0.3 is 0 Å². The summed E-state index contributed by atoms with van der Waals surface area (Å²) >= 11 is 0. The number of fused-ring (bicyclic) bond motifs is 2. The molecule has 0 radical (unpaired) electrons. The molecule has 16 nitrogen and oxygen atoms in total. The molecule has 2 aromatic heterocycles. The van der Waals surface area contributed by atoms with Crippen molar-refractivity contribution in [2.75, 3.05) is 36.9 Å². The van der Waals surface area contributed by atoms with E-state index in [1.165, 1.54) is 19.3 Å². The van der Waals surface area contributed by atoms with Crippen molar-refractivity contribution < 1.29 is 28.8 Å². The minimum absolute atomic E-state index is 0.0345. The van der Waals surface area contributed by atoms with E-state index >= 15 is 0 Å². The maximum Gasteiger partial charge on any atom is 0.275 e. The van der Waals surface area contributed by atoms with E-state index in [0.717, 1.165) is 93.7 Å². The second-order valence-electron chi connectivity index (χ2n) is 19.3. The second-order valence-corrected chi connectivity index (χ2v) is 19.3. The van der Waals surface area contributed by atoms with Crippen molar-refractivity contribution in [3.8, 4) is 34.0 Å². The van der Waals surface area contributed by atoms with E-state index in [4.69, 9.17) is 24.0 Å². The SMILES string of the molecule is C1=COCCC1.Cc1c(C)c([N+](=O)[O-])c(C)c2c1OC(C)(CNc1ccc(-c3ccn(C4CCCCO4)n3)cc1)C2.Cc1c(C)c([N+](=O)[O-])c(C)c2c1OC(C)(CNc1ccc(-c3ccn[nH]3)cc1)C2. The molecule has 0 saturated carbocycles. The summed E-state index contributed by atoms with van der Waals surface area (Å²) in [4.78, 5) is 22.6. The Bertz CT molecular complexity index is 2860. The molecule has 4 aromatic carbocycles. The Morgan fingerprint density at radius 3 is 1.69 bits per heavy atom. The van der Waals surface area contributed by atoms with Crippen LogP contribution >= 0.6 is 0 Å². The molecule has 1 saturated heterocycles. The molecular weight excluding hydrogens is 889 g/mol. The van der Waals surface area contributed by atoms with Gasteiger partial charge in [-0.3, -0.25) is 25.3 Å². The highest BCUT2D eigenvalue weighted by Gasteiger charge is 2.41. The molecule has 3 unspecified atom stereocenters. The number of hydrogen-bond acceptors (Lipinski definition) is 12. The van der Waals surface area contributed by atoms with E-state index in [-0.39, 0.29) is 27.4 Å². The number of anilines is 2. The van der Waals surface area contributed by atoms with Crippen molar-refractivity contribution in [2.24, 2.45) is 0 Å². The number of nitrogens with zero attached hydrogens (tertiary/aromatic N) is 5. The van der Waals surface area contributed by atoms with E-state index < -0.39 is 11.2 Å². The van der Waals surface area contributed by atoms with Crippen molar-refractivity contribution in [1.82, 2.24) is 20.0 Å². The topological polar surface area (TPSA) is 194 Å². The molecule has 4 aliphatic heterocycles. The summed E-state index contributed by atoms with van der Waals surface area (Å²) in [7, 11) is 0. The molecule has 0 bridgehead atoms. The summed E-state index contributed by atoms with van der Waals surface area (Å²) < 4.78 is 25.4. The highest BCUT2D eigenvalue weighted by molar-refractivity contribution is 5.66. The van der Waals surface area contributed by atoms with Gasteiger partial charge in [0, 0.05) is 93.3 Å². The lowest BCUT2D eigenvalue weighted by Gasteiger charge is -2.25. The Morgan fingerprint density at radius 2 is 1.26 bits per heavy atom. The first kappa shape index (κ1) is 49.2. The third kappa shape index (κ3) is 10.7. The van der Waals surface area contributed by atoms with Crippen molar-refractivity contribution >= 4 is 22.7 Å². The highest BCUT2D eigenvalue weighted by atomic mass is 16.6. The van der Waals surface area contributed by atoms with Gasteiger partial charge in [-0.1, -0.05) is 24.3 Å². The number of allylic oxidation sites excluding steroid dienone is 1. The average molecular weight is 953 g/mol. The van der Waals surface area contributed by atoms with Gasteiger partial charge in [0.05, 0.1) is 47.2 Å². The molecule has 0 spiro atoms. The lowest BCUT2D eigenvalue weighted by Crippen LogP contribution is -2.38. The lowest BCUT2D eigenvalue weighted by molar-refractivity contribution is -0.386. The Labute approximate surface area is 409 Å². The quantitative estimate of drug-likeness (QED) is 0.0823. The van der Waals surface area contributed by atoms with Crippen LogP contribution in [-0.2, 0) is 22.3 Å². The number of aromatic nitrogens is 4. The zero-order valence-corrected chi connectivity index (χ0v) is 41.4. The van der Waals surface area contributed by atoms with Gasteiger partial charge in [0.25, 0.3) is 11.4 Å². The number of rotatable bonds is 11. The Morgan fingerprint density at radius 1 is 0.700 bits per heavy atom. The summed E-state index contributed by atoms with van der Waals surface area (Å²) in [5.41, 5.74) is 11.8. The fourth-order valence-electron chi connectivity index (χ4n) is 9.69. The molecule has 10 rings (SSSR count). The predicted octanol–water partition coefficient (Wildman–Crippen LogP) is 11.9. The highest BCUT2D eigenvalue weighted by Crippen LogP contribution is 2.47. The zero-order valence-electron chi connectivity index (χ0n) is 41.4. The van der Waals surface area contributed by atoms with Crippen LogP contribution in [0.3, 0.4) is 0 Å². The predicted molar refractivity (Wildman–Crippen MR) is 272 cm³/mol. The number of aromatic amines is 1. The van der Waals surface area contributed by atoms with Gasteiger partial charge in [-0.2, -0.15) is 10.2 Å². The first-order chi connectivity index (χ1) is 33.5. The minimum Gasteiger partial charge on any atom is -0.502 e. The van der Waals surface area contributed by atoms with Crippen molar-refractivity contribution in [2.45, 2.75) is 118 Å². The molecule has 368 valence electrons. The summed E-state index contributed by atoms with van der Waals surface area (Å²) in [6.45, 7) is 18.0. The summed E-state index contributed by atoms with van der Waals surface area (Å²) in [6.07, 6.45) is 14.5. The maximum atomic E-state index is 11.6. The van der Waals surface area contributed by atoms with Crippen LogP contribution in [0.2, 0.25) is 0 Å². The van der Waals surface area contributed by atoms with Crippen molar-refractivity contribution in [1.29, 1.82) is 0 Å². The molecular formula is C54H64N8O8. The molecule has 16 heteroatoms. The number of benzene rings is 4. The molecule has 70 heavy (non-hydrogen) atoms. The van der Waals surface area contributed by atoms with Crippen LogP contribution in [0, 0.1) is 61.8 Å². The number of nitro benzene ring substituents is 2. The van der Waals surface area contributed by atoms with Crippen LogP contribution in [0.5, 0.6) is 11.5 Å². The Hall–Kier alpha value is -7.20. The van der Waals surface area contributed by atoms with Crippen molar-refractivity contribution in [3.63, 3.8) is 0 Å². The van der Waals surface area contributed by atoms with Crippen LogP contribution in [0.15, 0.2) is 85.4 Å².